The zero-order valence-corrected chi connectivity index (χ0v) is 7.54. The van der Waals surface area contributed by atoms with Crippen molar-refractivity contribution >= 4 is 0 Å². The zero-order chi connectivity index (χ0) is 9.07. The summed E-state index contributed by atoms with van der Waals surface area (Å²) in [6.45, 7) is 5.40. The van der Waals surface area contributed by atoms with E-state index < -0.39 is 5.60 Å². The van der Waals surface area contributed by atoms with Crippen molar-refractivity contribution in [2.75, 3.05) is 6.61 Å². The van der Waals surface area contributed by atoms with E-state index in [1.807, 2.05) is 6.92 Å². The molecule has 0 aliphatic carbocycles. The van der Waals surface area contributed by atoms with Crippen LogP contribution in [0.1, 0.15) is 27.2 Å². The molecule has 0 fully saturated rings. The molecule has 68 valence electrons. The van der Waals surface area contributed by atoms with Crippen molar-refractivity contribution in [3.8, 4) is 0 Å². The van der Waals surface area contributed by atoms with Gasteiger partial charge < -0.3 is 15.9 Å². The number of rotatable bonds is 4. The normalized spacial score (nSPS) is 18.0. The maximum atomic E-state index is 9.40. The molecular weight excluding hydrogens is 142 g/mol. The number of hydrogen-bond donors (Lipinski definition) is 3. The second-order valence-electron chi connectivity index (χ2n) is 3.84. The third kappa shape index (κ3) is 5.18. The third-order valence-electron chi connectivity index (χ3n) is 1.76. The Kier molecular flexibility index (Phi) is 4.00. The van der Waals surface area contributed by atoms with Crippen LogP contribution in [0.25, 0.3) is 0 Å². The van der Waals surface area contributed by atoms with Gasteiger partial charge in [-0.1, -0.05) is 6.92 Å². The Morgan fingerprint density at radius 3 is 2.18 bits per heavy atom. The minimum Gasteiger partial charge on any atom is -0.395 e. The summed E-state index contributed by atoms with van der Waals surface area (Å²) < 4.78 is 0. The Labute approximate surface area is 68.2 Å². The van der Waals surface area contributed by atoms with Crippen LogP contribution in [0.15, 0.2) is 0 Å². The molecule has 11 heavy (non-hydrogen) atoms. The summed E-state index contributed by atoms with van der Waals surface area (Å²) >= 11 is 0. The average Bonchev–Trinajstić information content (AvgIpc) is 1.82. The van der Waals surface area contributed by atoms with Crippen LogP contribution in [0.2, 0.25) is 0 Å². The number of nitrogens with two attached hydrogens (primary N) is 1. The summed E-state index contributed by atoms with van der Waals surface area (Å²) in [6.07, 6.45) is 0.620. The van der Waals surface area contributed by atoms with Gasteiger partial charge in [-0.25, -0.2) is 0 Å². The van der Waals surface area contributed by atoms with E-state index in [4.69, 9.17) is 10.8 Å². The van der Waals surface area contributed by atoms with Crippen molar-refractivity contribution in [3.05, 3.63) is 0 Å². The second kappa shape index (κ2) is 4.04. The quantitative estimate of drug-likeness (QED) is 0.548. The van der Waals surface area contributed by atoms with Gasteiger partial charge in [-0.2, -0.15) is 0 Å². The maximum Gasteiger partial charge on any atom is 0.0594 e. The molecule has 0 unspecified atom stereocenters. The standard InChI is InChI=1S/C8H19NO2/c1-6(7(9)5-10)4-8(2,3)11/h6-7,10-11H,4-5,9H2,1-3H3/t6-,7+/m1/s1. The van der Waals surface area contributed by atoms with Gasteiger partial charge in [0.2, 0.25) is 0 Å². The van der Waals surface area contributed by atoms with Gasteiger partial charge in [0.1, 0.15) is 0 Å². The number of aliphatic hydroxyl groups excluding tert-OH is 1. The molecule has 0 bridgehead atoms. The zero-order valence-electron chi connectivity index (χ0n) is 7.54. The minimum absolute atomic E-state index is 0.0166. The maximum absolute atomic E-state index is 9.40. The molecule has 0 spiro atoms. The van der Waals surface area contributed by atoms with Crippen LogP contribution in [0.5, 0.6) is 0 Å². The van der Waals surface area contributed by atoms with E-state index in [0.29, 0.717) is 6.42 Å². The van der Waals surface area contributed by atoms with Crippen LogP contribution in [-0.4, -0.2) is 28.5 Å². The van der Waals surface area contributed by atoms with Crippen molar-refractivity contribution in [3.63, 3.8) is 0 Å². The number of hydrogen-bond acceptors (Lipinski definition) is 3. The summed E-state index contributed by atoms with van der Waals surface area (Å²) in [5, 5.41) is 18.1. The topological polar surface area (TPSA) is 66.5 Å². The van der Waals surface area contributed by atoms with Gasteiger partial charge in [0.05, 0.1) is 12.2 Å². The van der Waals surface area contributed by atoms with E-state index in [1.54, 1.807) is 13.8 Å². The summed E-state index contributed by atoms with van der Waals surface area (Å²) in [7, 11) is 0. The first-order valence-corrected chi connectivity index (χ1v) is 3.95. The molecule has 0 radical (unpaired) electrons. The molecule has 3 heteroatoms. The molecule has 0 aromatic carbocycles. The lowest BCUT2D eigenvalue weighted by molar-refractivity contribution is 0.0470. The Morgan fingerprint density at radius 1 is 1.45 bits per heavy atom. The van der Waals surface area contributed by atoms with Gasteiger partial charge in [-0.3, -0.25) is 0 Å². The molecule has 4 N–H and O–H groups in total. The largest absolute Gasteiger partial charge is 0.395 e. The lowest BCUT2D eigenvalue weighted by atomic mass is 9.90. The summed E-state index contributed by atoms with van der Waals surface area (Å²) in [5.41, 5.74) is 4.87. The van der Waals surface area contributed by atoms with Crippen molar-refractivity contribution in [2.45, 2.75) is 38.8 Å². The Morgan fingerprint density at radius 2 is 1.91 bits per heavy atom. The molecule has 0 aliphatic heterocycles. The molecule has 0 aromatic heterocycles. The fraction of sp³-hybridized carbons (Fsp3) is 1.00. The molecule has 2 atom stereocenters. The summed E-state index contributed by atoms with van der Waals surface area (Å²) in [5.74, 6) is 0.153. The highest BCUT2D eigenvalue weighted by Gasteiger charge is 2.20. The van der Waals surface area contributed by atoms with E-state index in [0.717, 1.165) is 0 Å². The van der Waals surface area contributed by atoms with Crippen LogP contribution < -0.4 is 5.73 Å². The van der Waals surface area contributed by atoms with Crippen LogP contribution in [0, 0.1) is 5.92 Å². The Balaban J connectivity index is 3.77. The average molecular weight is 161 g/mol. The molecule has 0 aromatic rings. The smallest absolute Gasteiger partial charge is 0.0594 e. The van der Waals surface area contributed by atoms with E-state index in [2.05, 4.69) is 0 Å². The first kappa shape index (κ1) is 10.9. The Bertz CT molecular complexity index is 109. The van der Waals surface area contributed by atoms with Crippen molar-refractivity contribution < 1.29 is 10.2 Å². The molecule has 0 saturated carbocycles. The monoisotopic (exact) mass is 161 g/mol. The summed E-state index contributed by atoms with van der Waals surface area (Å²) in [6, 6.07) is -0.221. The molecule has 0 amide bonds. The summed E-state index contributed by atoms with van der Waals surface area (Å²) in [4.78, 5) is 0. The SMILES string of the molecule is C[C@H](CC(C)(C)O)[C@@H](N)CO. The van der Waals surface area contributed by atoms with Crippen LogP contribution in [-0.2, 0) is 0 Å². The van der Waals surface area contributed by atoms with Crippen molar-refractivity contribution in [1.29, 1.82) is 0 Å². The predicted molar refractivity (Wildman–Crippen MR) is 45.1 cm³/mol. The van der Waals surface area contributed by atoms with Crippen LogP contribution >= 0.6 is 0 Å². The molecule has 3 nitrogen and oxygen atoms in total. The van der Waals surface area contributed by atoms with Crippen molar-refractivity contribution in [1.82, 2.24) is 0 Å². The fourth-order valence-electron chi connectivity index (χ4n) is 1.12. The fourth-order valence-corrected chi connectivity index (χ4v) is 1.12. The van der Waals surface area contributed by atoms with Gasteiger partial charge in [0.25, 0.3) is 0 Å². The van der Waals surface area contributed by atoms with E-state index >= 15 is 0 Å². The molecule has 0 rings (SSSR count). The third-order valence-corrected chi connectivity index (χ3v) is 1.76. The molecule has 0 aliphatic rings. The van der Waals surface area contributed by atoms with E-state index in [1.165, 1.54) is 0 Å². The molecular formula is C8H19NO2. The van der Waals surface area contributed by atoms with Crippen molar-refractivity contribution in [2.24, 2.45) is 11.7 Å². The second-order valence-corrected chi connectivity index (χ2v) is 3.84. The predicted octanol–water partition coefficient (Wildman–Crippen LogP) is 0.103. The lowest BCUT2D eigenvalue weighted by Gasteiger charge is -2.25. The number of aliphatic hydroxyl groups is 2. The minimum atomic E-state index is -0.688. The van der Waals surface area contributed by atoms with Crippen LogP contribution in [0.4, 0.5) is 0 Å². The highest BCUT2D eigenvalue weighted by molar-refractivity contribution is 4.75. The molecule has 0 saturated heterocycles. The highest BCUT2D eigenvalue weighted by Crippen LogP contribution is 2.17. The first-order chi connectivity index (χ1) is 4.87. The van der Waals surface area contributed by atoms with Gasteiger partial charge in [-0.15, -0.1) is 0 Å². The van der Waals surface area contributed by atoms with Crippen LogP contribution in [0.3, 0.4) is 0 Å². The molecule has 0 heterocycles. The van der Waals surface area contributed by atoms with E-state index in [-0.39, 0.29) is 18.6 Å². The van der Waals surface area contributed by atoms with E-state index in [9.17, 15) is 5.11 Å². The van der Waals surface area contributed by atoms with Gasteiger partial charge >= 0.3 is 0 Å². The van der Waals surface area contributed by atoms with Gasteiger partial charge in [0.15, 0.2) is 0 Å². The lowest BCUT2D eigenvalue weighted by Crippen LogP contribution is -2.36. The van der Waals surface area contributed by atoms with Gasteiger partial charge in [0, 0.05) is 6.04 Å². The highest BCUT2D eigenvalue weighted by atomic mass is 16.3. The Hall–Kier alpha value is -0.120. The first-order valence-electron chi connectivity index (χ1n) is 3.95. The van der Waals surface area contributed by atoms with Gasteiger partial charge in [-0.05, 0) is 26.2 Å².